The van der Waals surface area contributed by atoms with Gasteiger partial charge in [-0.3, -0.25) is 0 Å². The molecule has 0 heterocycles. The number of aryl methyl sites for hydroxylation is 1. The smallest absolute Gasteiger partial charge is 0.0838 e. The highest BCUT2D eigenvalue weighted by Crippen LogP contribution is 2.37. The maximum atomic E-state index is 6.18. The van der Waals surface area contributed by atoms with Gasteiger partial charge in [-0.1, -0.05) is 23.2 Å². The van der Waals surface area contributed by atoms with Crippen LogP contribution in [0.1, 0.15) is 5.56 Å². The van der Waals surface area contributed by atoms with Gasteiger partial charge in [0.2, 0.25) is 0 Å². The van der Waals surface area contributed by atoms with Gasteiger partial charge in [0.15, 0.2) is 0 Å². The lowest BCUT2D eigenvalue weighted by Crippen LogP contribution is -1.95. The molecule has 2 rings (SSSR count). The summed E-state index contributed by atoms with van der Waals surface area (Å²) in [6, 6.07) is 9.37. The molecule has 0 fully saturated rings. The Labute approximate surface area is 124 Å². The van der Waals surface area contributed by atoms with Crippen molar-refractivity contribution in [3.8, 4) is 0 Å². The van der Waals surface area contributed by atoms with E-state index in [4.69, 9.17) is 28.9 Å². The first kappa shape index (κ1) is 13.5. The van der Waals surface area contributed by atoms with Crippen molar-refractivity contribution in [3.05, 3.63) is 50.4 Å². The molecule has 0 atom stereocenters. The fraction of sp³-hybridized carbons (Fsp3) is 0.0769. The van der Waals surface area contributed by atoms with Crippen LogP contribution in [0.25, 0.3) is 0 Å². The van der Waals surface area contributed by atoms with Gasteiger partial charge in [-0.25, -0.2) is 0 Å². The second-order valence-electron chi connectivity index (χ2n) is 3.92. The zero-order valence-electron chi connectivity index (χ0n) is 9.60. The largest absolute Gasteiger partial charge is 0.399 e. The van der Waals surface area contributed by atoms with Crippen molar-refractivity contribution >= 4 is 56.2 Å². The number of benzene rings is 2. The van der Waals surface area contributed by atoms with Crippen LogP contribution in [0.2, 0.25) is 10.0 Å². The lowest BCUT2D eigenvalue weighted by molar-refractivity contribution is 1.43. The molecule has 0 aliphatic carbocycles. The summed E-state index contributed by atoms with van der Waals surface area (Å²) in [5.74, 6) is 0. The van der Waals surface area contributed by atoms with Gasteiger partial charge in [0.1, 0.15) is 0 Å². The van der Waals surface area contributed by atoms with Crippen molar-refractivity contribution in [3.63, 3.8) is 0 Å². The zero-order chi connectivity index (χ0) is 13.3. The summed E-state index contributed by atoms with van der Waals surface area (Å²) >= 11 is 15.6. The molecular formula is C13H11BrCl2N2. The molecule has 18 heavy (non-hydrogen) atoms. The summed E-state index contributed by atoms with van der Waals surface area (Å²) in [7, 11) is 0. The number of halogens is 3. The summed E-state index contributed by atoms with van der Waals surface area (Å²) in [5.41, 5.74) is 9.20. The molecule has 2 aromatic carbocycles. The molecule has 0 saturated carbocycles. The summed E-state index contributed by atoms with van der Waals surface area (Å²) in [5, 5.41) is 4.23. The predicted molar refractivity (Wildman–Crippen MR) is 83.0 cm³/mol. The van der Waals surface area contributed by atoms with Crippen molar-refractivity contribution < 1.29 is 0 Å². The highest BCUT2D eigenvalue weighted by Gasteiger charge is 2.09. The average Bonchev–Trinajstić information content (AvgIpc) is 2.33. The standard InChI is InChI=1S/C13H11BrCl2N2/c1-7-6-8(17)2-4-10(7)18-11-5-3-9(14)12(15)13(11)16/h2-6,18H,17H2,1H3. The maximum absolute atomic E-state index is 6.18. The molecule has 0 radical (unpaired) electrons. The van der Waals surface area contributed by atoms with Crippen LogP contribution in [0.5, 0.6) is 0 Å². The van der Waals surface area contributed by atoms with Crippen molar-refractivity contribution in [1.82, 2.24) is 0 Å². The van der Waals surface area contributed by atoms with E-state index < -0.39 is 0 Å². The molecule has 2 nitrogen and oxygen atoms in total. The van der Waals surface area contributed by atoms with Gasteiger partial charge in [0.05, 0.1) is 15.7 Å². The fourth-order valence-electron chi connectivity index (χ4n) is 1.59. The fourth-order valence-corrected chi connectivity index (χ4v) is 2.42. The molecule has 2 aromatic rings. The molecule has 94 valence electrons. The van der Waals surface area contributed by atoms with Gasteiger partial charge in [-0.2, -0.15) is 0 Å². The molecule has 0 aromatic heterocycles. The van der Waals surface area contributed by atoms with Crippen LogP contribution < -0.4 is 11.1 Å². The molecule has 0 aliphatic rings. The molecule has 3 N–H and O–H groups in total. The highest BCUT2D eigenvalue weighted by atomic mass is 79.9. The Kier molecular flexibility index (Phi) is 4.05. The van der Waals surface area contributed by atoms with E-state index in [1.807, 2.05) is 37.3 Å². The summed E-state index contributed by atoms with van der Waals surface area (Å²) in [6.07, 6.45) is 0. The second-order valence-corrected chi connectivity index (χ2v) is 5.53. The van der Waals surface area contributed by atoms with E-state index in [1.165, 1.54) is 0 Å². The molecular weight excluding hydrogens is 335 g/mol. The van der Waals surface area contributed by atoms with Crippen molar-refractivity contribution in [2.24, 2.45) is 0 Å². The Bertz CT molecular complexity index is 600. The van der Waals surface area contributed by atoms with E-state index in [-0.39, 0.29) is 0 Å². The highest BCUT2D eigenvalue weighted by molar-refractivity contribution is 9.10. The molecule has 0 unspecified atom stereocenters. The van der Waals surface area contributed by atoms with E-state index in [0.29, 0.717) is 10.0 Å². The molecule has 0 amide bonds. The molecule has 0 saturated heterocycles. The SMILES string of the molecule is Cc1cc(N)ccc1Nc1ccc(Br)c(Cl)c1Cl. The van der Waals surface area contributed by atoms with E-state index in [2.05, 4.69) is 21.2 Å². The monoisotopic (exact) mass is 344 g/mol. The second kappa shape index (κ2) is 5.39. The van der Waals surface area contributed by atoms with Gasteiger partial charge < -0.3 is 11.1 Å². The molecule has 0 bridgehead atoms. The average molecular weight is 346 g/mol. The Morgan fingerprint density at radius 2 is 1.72 bits per heavy atom. The van der Waals surface area contributed by atoms with E-state index in [0.717, 1.165) is 27.1 Å². The van der Waals surface area contributed by atoms with Gasteiger partial charge >= 0.3 is 0 Å². The minimum atomic E-state index is 0.488. The number of anilines is 3. The minimum absolute atomic E-state index is 0.488. The number of nitrogens with one attached hydrogen (secondary N) is 1. The first-order valence-corrected chi connectivity index (χ1v) is 6.80. The van der Waals surface area contributed by atoms with Crippen LogP contribution in [0.4, 0.5) is 17.1 Å². The van der Waals surface area contributed by atoms with Gasteiger partial charge in [0, 0.05) is 15.8 Å². The van der Waals surface area contributed by atoms with E-state index in [1.54, 1.807) is 0 Å². The number of nitrogens with two attached hydrogens (primary N) is 1. The first-order valence-electron chi connectivity index (χ1n) is 5.25. The lowest BCUT2D eigenvalue weighted by atomic mass is 10.1. The van der Waals surface area contributed by atoms with Crippen molar-refractivity contribution in [2.75, 3.05) is 11.1 Å². The minimum Gasteiger partial charge on any atom is -0.399 e. The maximum Gasteiger partial charge on any atom is 0.0838 e. The number of nitrogen functional groups attached to an aromatic ring is 1. The van der Waals surface area contributed by atoms with Crippen molar-refractivity contribution in [1.29, 1.82) is 0 Å². The van der Waals surface area contributed by atoms with E-state index >= 15 is 0 Å². The topological polar surface area (TPSA) is 38.0 Å². The Balaban J connectivity index is 2.37. The van der Waals surface area contributed by atoms with Crippen molar-refractivity contribution in [2.45, 2.75) is 6.92 Å². The summed E-state index contributed by atoms with van der Waals surface area (Å²) in [6.45, 7) is 1.98. The number of hydrogen-bond acceptors (Lipinski definition) is 2. The van der Waals surface area contributed by atoms with Gasteiger partial charge in [-0.15, -0.1) is 0 Å². The van der Waals surface area contributed by atoms with Gasteiger partial charge in [-0.05, 0) is 58.7 Å². The normalized spacial score (nSPS) is 10.4. The quantitative estimate of drug-likeness (QED) is 0.565. The van der Waals surface area contributed by atoms with Crippen LogP contribution in [-0.2, 0) is 0 Å². The predicted octanol–water partition coefficient (Wildman–Crippen LogP) is 5.39. The molecule has 0 aliphatic heterocycles. The van der Waals surface area contributed by atoms with Crippen LogP contribution in [-0.4, -0.2) is 0 Å². The van der Waals surface area contributed by atoms with Crippen LogP contribution in [0.3, 0.4) is 0 Å². The number of rotatable bonds is 2. The third-order valence-corrected chi connectivity index (χ3v) is 4.33. The van der Waals surface area contributed by atoms with Crippen LogP contribution in [0.15, 0.2) is 34.8 Å². The summed E-state index contributed by atoms with van der Waals surface area (Å²) in [4.78, 5) is 0. The Hall–Kier alpha value is -0.900. The van der Waals surface area contributed by atoms with E-state index in [9.17, 15) is 0 Å². The van der Waals surface area contributed by atoms with Gasteiger partial charge in [0.25, 0.3) is 0 Å². The Morgan fingerprint density at radius 1 is 1.06 bits per heavy atom. The zero-order valence-corrected chi connectivity index (χ0v) is 12.7. The third kappa shape index (κ3) is 2.74. The lowest BCUT2D eigenvalue weighted by Gasteiger charge is -2.13. The number of hydrogen-bond donors (Lipinski definition) is 2. The molecule has 0 spiro atoms. The third-order valence-electron chi connectivity index (χ3n) is 2.55. The Morgan fingerprint density at radius 3 is 2.39 bits per heavy atom. The first-order chi connectivity index (χ1) is 8.49. The summed E-state index contributed by atoms with van der Waals surface area (Å²) < 4.78 is 0.772. The van der Waals surface area contributed by atoms with Crippen LogP contribution >= 0.6 is 39.1 Å². The molecule has 5 heteroatoms. The van der Waals surface area contributed by atoms with Crippen LogP contribution in [0, 0.1) is 6.92 Å².